The maximum atomic E-state index is 11.2. The van der Waals surface area contributed by atoms with Crippen LogP contribution >= 0.6 is 0 Å². The van der Waals surface area contributed by atoms with Crippen molar-refractivity contribution in [3.05, 3.63) is 29.3 Å². The van der Waals surface area contributed by atoms with Gasteiger partial charge in [0.2, 0.25) is 10.0 Å². The van der Waals surface area contributed by atoms with E-state index in [1.807, 2.05) is 18.2 Å². The molecular weight excluding hydrogens is 224 g/mol. The molecule has 0 aliphatic carbocycles. The van der Waals surface area contributed by atoms with E-state index in [4.69, 9.17) is 0 Å². The van der Waals surface area contributed by atoms with Gasteiger partial charge in [0.15, 0.2) is 0 Å². The molecule has 0 saturated heterocycles. The molecule has 16 heavy (non-hydrogen) atoms. The minimum Gasteiger partial charge on any atom is -0.310 e. The van der Waals surface area contributed by atoms with E-state index in [0.717, 1.165) is 18.5 Å². The van der Waals surface area contributed by atoms with Gasteiger partial charge < -0.3 is 5.32 Å². The lowest BCUT2D eigenvalue weighted by molar-refractivity contribution is 0.541. The summed E-state index contributed by atoms with van der Waals surface area (Å²) >= 11 is 0. The van der Waals surface area contributed by atoms with Crippen LogP contribution in [0.15, 0.2) is 18.2 Å². The molecule has 5 heteroatoms. The topological polar surface area (TPSA) is 58.2 Å². The Morgan fingerprint density at radius 1 is 1.44 bits per heavy atom. The molecule has 2 rings (SSSR count). The van der Waals surface area contributed by atoms with Crippen molar-refractivity contribution in [3.63, 3.8) is 0 Å². The van der Waals surface area contributed by atoms with Crippen LogP contribution in [0, 0.1) is 0 Å². The van der Waals surface area contributed by atoms with E-state index in [1.54, 1.807) is 0 Å². The second-order valence-electron chi connectivity index (χ2n) is 4.17. The summed E-state index contributed by atoms with van der Waals surface area (Å²) < 4.78 is 25.1. The Kier molecular flexibility index (Phi) is 2.90. The number of anilines is 1. The van der Waals surface area contributed by atoms with Crippen LogP contribution in [0.25, 0.3) is 0 Å². The van der Waals surface area contributed by atoms with E-state index in [9.17, 15) is 8.42 Å². The molecule has 2 N–H and O–H groups in total. The number of nitrogens with one attached hydrogen (secondary N) is 2. The zero-order valence-corrected chi connectivity index (χ0v) is 10.3. The van der Waals surface area contributed by atoms with Gasteiger partial charge in [0.25, 0.3) is 0 Å². The number of rotatable bonds is 2. The molecule has 88 valence electrons. The van der Waals surface area contributed by atoms with Crippen molar-refractivity contribution >= 4 is 15.7 Å². The molecule has 1 aromatic carbocycles. The van der Waals surface area contributed by atoms with Gasteiger partial charge in [-0.1, -0.05) is 12.1 Å². The van der Waals surface area contributed by atoms with Gasteiger partial charge in [0.1, 0.15) is 0 Å². The van der Waals surface area contributed by atoms with Crippen molar-refractivity contribution in [2.75, 3.05) is 17.5 Å². The fourth-order valence-corrected chi connectivity index (χ4v) is 2.70. The summed E-state index contributed by atoms with van der Waals surface area (Å²) in [7, 11) is -3.20. The van der Waals surface area contributed by atoms with E-state index >= 15 is 0 Å². The molecule has 0 saturated carbocycles. The Morgan fingerprint density at radius 3 is 2.88 bits per heavy atom. The summed E-state index contributed by atoms with van der Waals surface area (Å²) in [5.74, 6) is 0. The van der Waals surface area contributed by atoms with Crippen LogP contribution in [-0.2, 0) is 16.4 Å². The van der Waals surface area contributed by atoms with Gasteiger partial charge in [0, 0.05) is 6.04 Å². The number of sulfonamides is 1. The van der Waals surface area contributed by atoms with E-state index in [1.165, 1.54) is 11.8 Å². The van der Waals surface area contributed by atoms with Crippen molar-refractivity contribution in [1.29, 1.82) is 0 Å². The lowest BCUT2D eigenvalue weighted by atomic mass is 9.94. The Labute approximate surface area is 96.1 Å². The number of fused-ring (bicyclic) bond motifs is 1. The molecule has 0 amide bonds. The minimum atomic E-state index is -3.20. The second-order valence-corrected chi connectivity index (χ2v) is 5.92. The minimum absolute atomic E-state index is 0.282. The Bertz CT molecular complexity index is 497. The highest BCUT2D eigenvalue weighted by Gasteiger charge is 2.19. The third-order valence-electron chi connectivity index (χ3n) is 2.80. The summed E-state index contributed by atoms with van der Waals surface area (Å²) in [6.45, 7) is 2.97. The average molecular weight is 240 g/mol. The maximum absolute atomic E-state index is 11.2. The molecule has 0 bridgehead atoms. The Balaban J connectivity index is 2.44. The highest BCUT2D eigenvalue weighted by atomic mass is 32.2. The highest BCUT2D eigenvalue weighted by molar-refractivity contribution is 7.92. The molecule has 1 aliphatic rings. The van der Waals surface area contributed by atoms with Gasteiger partial charge in [-0.3, -0.25) is 4.72 Å². The molecule has 1 heterocycles. The SMILES string of the molecule is CC1NCCc2c(NS(C)(=O)=O)cccc21. The van der Waals surface area contributed by atoms with Crippen molar-refractivity contribution in [2.24, 2.45) is 0 Å². The molecule has 4 nitrogen and oxygen atoms in total. The number of benzene rings is 1. The number of hydrogen-bond donors (Lipinski definition) is 2. The van der Waals surface area contributed by atoms with Crippen molar-refractivity contribution < 1.29 is 8.42 Å². The zero-order valence-electron chi connectivity index (χ0n) is 9.45. The third-order valence-corrected chi connectivity index (χ3v) is 3.39. The van der Waals surface area contributed by atoms with Crippen LogP contribution in [0.3, 0.4) is 0 Å². The Morgan fingerprint density at radius 2 is 2.19 bits per heavy atom. The molecule has 1 aromatic rings. The normalized spacial score (nSPS) is 20.2. The van der Waals surface area contributed by atoms with Crippen LogP contribution in [0.1, 0.15) is 24.1 Å². The first-order chi connectivity index (χ1) is 7.47. The van der Waals surface area contributed by atoms with Gasteiger partial charge in [0.05, 0.1) is 11.9 Å². The van der Waals surface area contributed by atoms with Crippen molar-refractivity contribution in [3.8, 4) is 0 Å². The van der Waals surface area contributed by atoms with Crippen LogP contribution in [-0.4, -0.2) is 21.2 Å². The monoisotopic (exact) mass is 240 g/mol. The van der Waals surface area contributed by atoms with Gasteiger partial charge in [-0.2, -0.15) is 0 Å². The van der Waals surface area contributed by atoms with Gasteiger partial charge in [-0.25, -0.2) is 8.42 Å². The van der Waals surface area contributed by atoms with Crippen LogP contribution in [0.4, 0.5) is 5.69 Å². The molecule has 1 aliphatic heterocycles. The zero-order chi connectivity index (χ0) is 11.8. The van der Waals surface area contributed by atoms with Crippen molar-refractivity contribution in [1.82, 2.24) is 5.32 Å². The predicted octanol–water partition coefficient (Wildman–Crippen LogP) is 1.26. The van der Waals surface area contributed by atoms with E-state index in [0.29, 0.717) is 5.69 Å². The first kappa shape index (κ1) is 11.4. The van der Waals surface area contributed by atoms with Gasteiger partial charge >= 0.3 is 0 Å². The van der Waals surface area contributed by atoms with E-state index < -0.39 is 10.0 Å². The molecule has 0 fully saturated rings. The first-order valence-corrected chi connectivity index (χ1v) is 7.19. The summed E-state index contributed by atoms with van der Waals surface area (Å²) in [4.78, 5) is 0. The quantitative estimate of drug-likeness (QED) is 0.818. The summed E-state index contributed by atoms with van der Waals surface area (Å²) in [5, 5.41) is 3.35. The molecule has 1 atom stereocenters. The Hall–Kier alpha value is -1.07. The van der Waals surface area contributed by atoms with Crippen LogP contribution < -0.4 is 10.0 Å². The summed E-state index contributed by atoms with van der Waals surface area (Å²) in [6, 6.07) is 6.03. The fourth-order valence-electron chi connectivity index (χ4n) is 2.11. The summed E-state index contributed by atoms with van der Waals surface area (Å²) in [6.07, 6.45) is 2.04. The molecule has 0 spiro atoms. The third kappa shape index (κ3) is 2.36. The van der Waals surface area contributed by atoms with Gasteiger partial charge in [-0.05, 0) is 37.1 Å². The highest BCUT2D eigenvalue weighted by Crippen LogP contribution is 2.28. The molecule has 1 unspecified atom stereocenters. The average Bonchev–Trinajstić information content (AvgIpc) is 2.17. The largest absolute Gasteiger partial charge is 0.310 e. The molecule has 0 radical (unpaired) electrons. The summed E-state index contributed by atoms with van der Waals surface area (Å²) in [5.41, 5.74) is 3.01. The van der Waals surface area contributed by atoms with E-state index in [-0.39, 0.29) is 6.04 Å². The predicted molar refractivity (Wildman–Crippen MR) is 65.0 cm³/mol. The maximum Gasteiger partial charge on any atom is 0.229 e. The fraction of sp³-hybridized carbons (Fsp3) is 0.455. The second kappa shape index (κ2) is 4.07. The van der Waals surface area contributed by atoms with Gasteiger partial charge in [-0.15, -0.1) is 0 Å². The van der Waals surface area contributed by atoms with Crippen molar-refractivity contribution in [2.45, 2.75) is 19.4 Å². The lowest BCUT2D eigenvalue weighted by Gasteiger charge is -2.26. The lowest BCUT2D eigenvalue weighted by Crippen LogP contribution is -2.28. The first-order valence-electron chi connectivity index (χ1n) is 5.30. The van der Waals surface area contributed by atoms with E-state index in [2.05, 4.69) is 17.0 Å². The smallest absolute Gasteiger partial charge is 0.229 e. The molecular formula is C11H16N2O2S. The van der Waals surface area contributed by atoms with Crippen LogP contribution in [0.2, 0.25) is 0 Å². The number of hydrogen-bond acceptors (Lipinski definition) is 3. The standard InChI is InChI=1S/C11H16N2O2S/c1-8-9-4-3-5-11(13-16(2,14)15)10(9)6-7-12-8/h3-5,8,12-13H,6-7H2,1-2H3. The van der Waals surface area contributed by atoms with Crippen LogP contribution in [0.5, 0.6) is 0 Å². The molecule has 0 aromatic heterocycles.